The molecular formula is C18H23NO3S. The highest BCUT2D eigenvalue weighted by molar-refractivity contribution is 7.10. The van der Waals surface area contributed by atoms with Crippen LogP contribution in [0.1, 0.15) is 36.8 Å². The third-order valence-electron chi connectivity index (χ3n) is 4.08. The first-order chi connectivity index (χ1) is 11.1. The average molecular weight is 333 g/mol. The minimum absolute atomic E-state index is 0.110. The summed E-state index contributed by atoms with van der Waals surface area (Å²) in [5.41, 5.74) is 0.254. The highest BCUT2D eigenvalue weighted by atomic mass is 32.1. The largest absolute Gasteiger partial charge is 0.490 e. The standard InChI is InChI=1S/C18H23NO3S/c1-13(19-12-18(2,20)17-5-3-10-23-17)14-6-7-15-16(11-14)22-9-4-8-21-15/h3,5-7,10-11,13,19-20H,4,8-9,12H2,1-2H3. The van der Waals surface area contributed by atoms with E-state index in [2.05, 4.69) is 12.2 Å². The Labute approximate surface area is 141 Å². The Kier molecular flexibility index (Phi) is 4.90. The molecule has 124 valence electrons. The van der Waals surface area contributed by atoms with Crippen LogP contribution in [0.3, 0.4) is 0 Å². The van der Waals surface area contributed by atoms with Crippen LogP contribution < -0.4 is 14.8 Å². The number of ether oxygens (including phenoxy) is 2. The zero-order chi connectivity index (χ0) is 16.3. The van der Waals surface area contributed by atoms with Gasteiger partial charge in [0.2, 0.25) is 0 Å². The van der Waals surface area contributed by atoms with Crippen molar-refractivity contribution in [2.24, 2.45) is 0 Å². The molecule has 0 bridgehead atoms. The molecule has 0 fully saturated rings. The van der Waals surface area contributed by atoms with Crippen LogP contribution in [0.5, 0.6) is 11.5 Å². The monoisotopic (exact) mass is 333 g/mol. The number of thiophene rings is 1. The lowest BCUT2D eigenvalue weighted by Gasteiger charge is -2.25. The second-order valence-corrected chi connectivity index (χ2v) is 7.06. The fourth-order valence-electron chi connectivity index (χ4n) is 2.59. The molecule has 23 heavy (non-hydrogen) atoms. The van der Waals surface area contributed by atoms with Gasteiger partial charge in [-0.2, -0.15) is 0 Å². The minimum Gasteiger partial charge on any atom is -0.490 e. The van der Waals surface area contributed by atoms with Gasteiger partial charge in [0, 0.05) is 23.9 Å². The maximum Gasteiger partial charge on any atom is 0.161 e. The maximum atomic E-state index is 10.6. The van der Waals surface area contributed by atoms with Gasteiger partial charge in [0.25, 0.3) is 0 Å². The number of benzene rings is 1. The third-order valence-corrected chi connectivity index (χ3v) is 5.20. The normalized spacial score (nSPS) is 18.0. The molecule has 1 aliphatic rings. The van der Waals surface area contributed by atoms with E-state index in [1.165, 1.54) is 0 Å². The van der Waals surface area contributed by atoms with Gasteiger partial charge in [-0.3, -0.25) is 0 Å². The van der Waals surface area contributed by atoms with Crippen molar-refractivity contribution in [3.05, 3.63) is 46.2 Å². The summed E-state index contributed by atoms with van der Waals surface area (Å²) in [6.07, 6.45) is 0.904. The molecular weight excluding hydrogens is 310 g/mol. The third kappa shape index (κ3) is 3.86. The van der Waals surface area contributed by atoms with E-state index < -0.39 is 5.60 Å². The first-order valence-corrected chi connectivity index (χ1v) is 8.83. The van der Waals surface area contributed by atoms with E-state index in [0.29, 0.717) is 19.8 Å². The predicted molar refractivity (Wildman–Crippen MR) is 92.4 cm³/mol. The van der Waals surface area contributed by atoms with Gasteiger partial charge in [0.1, 0.15) is 5.60 Å². The van der Waals surface area contributed by atoms with Crippen LogP contribution in [0.15, 0.2) is 35.7 Å². The van der Waals surface area contributed by atoms with Crippen LogP contribution in [0.25, 0.3) is 0 Å². The molecule has 0 aliphatic carbocycles. The number of rotatable bonds is 5. The summed E-state index contributed by atoms with van der Waals surface area (Å²) in [6.45, 7) is 5.80. The molecule has 0 radical (unpaired) electrons. The van der Waals surface area contributed by atoms with Crippen molar-refractivity contribution in [2.75, 3.05) is 19.8 Å². The summed E-state index contributed by atoms with van der Waals surface area (Å²) in [5, 5.41) is 16.0. The lowest BCUT2D eigenvalue weighted by atomic mass is 10.0. The summed E-state index contributed by atoms with van der Waals surface area (Å²) >= 11 is 1.57. The molecule has 3 rings (SSSR count). The van der Waals surface area contributed by atoms with Crippen LogP contribution in [0.2, 0.25) is 0 Å². The van der Waals surface area contributed by atoms with E-state index in [9.17, 15) is 5.11 Å². The summed E-state index contributed by atoms with van der Waals surface area (Å²) < 4.78 is 11.4. The Bertz CT molecular complexity index is 640. The van der Waals surface area contributed by atoms with Crippen LogP contribution in [0.4, 0.5) is 0 Å². The first-order valence-electron chi connectivity index (χ1n) is 7.95. The van der Waals surface area contributed by atoms with Gasteiger partial charge < -0.3 is 19.9 Å². The van der Waals surface area contributed by atoms with Gasteiger partial charge in [0.05, 0.1) is 13.2 Å². The number of hydrogen-bond donors (Lipinski definition) is 2. The van der Waals surface area contributed by atoms with Crippen molar-refractivity contribution < 1.29 is 14.6 Å². The number of fused-ring (bicyclic) bond motifs is 1. The Morgan fingerprint density at radius 3 is 2.78 bits per heavy atom. The molecule has 0 saturated heterocycles. The van der Waals surface area contributed by atoms with E-state index in [1.54, 1.807) is 11.3 Å². The van der Waals surface area contributed by atoms with Crippen LogP contribution in [0, 0.1) is 0 Å². The summed E-state index contributed by atoms with van der Waals surface area (Å²) in [4.78, 5) is 0.968. The lowest BCUT2D eigenvalue weighted by Crippen LogP contribution is -2.36. The van der Waals surface area contributed by atoms with E-state index in [-0.39, 0.29) is 6.04 Å². The van der Waals surface area contributed by atoms with Gasteiger partial charge >= 0.3 is 0 Å². The average Bonchev–Trinajstić information content (AvgIpc) is 2.99. The smallest absolute Gasteiger partial charge is 0.161 e. The van der Waals surface area contributed by atoms with Crippen molar-refractivity contribution >= 4 is 11.3 Å². The molecule has 2 heterocycles. The minimum atomic E-state index is -0.867. The fourth-order valence-corrected chi connectivity index (χ4v) is 3.38. The van der Waals surface area contributed by atoms with Crippen molar-refractivity contribution in [3.63, 3.8) is 0 Å². The van der Waals surface area contributed by atoms with E-state index >= 15 is 0 Å². The molecule has 1 aromatic carbocycles. The van der Waals surface area contributed by atoms with Gasteiger partial charge in [-0.25, -0.2) is 0 Å². The molecule has 1 aromatic heterocycles. The van der Waals surface area contributed by atoms with Crippen LogP contribution in [-0.4, -0.2) is 24.9 Å². The second-order valence-electron chi connectivity index (χ2n) is 6.11. The molecule has 5 heteroatoms. The Morgan fingerprint density at radius 1 is 1.26 bits per heavy atom. The van der Waals surface area contributed by atoms with Crippen molar-refractivity contribution in [3.8, 4) is 11.5 Å². The summed E-state index contributed by atoms with van der Waals surface area (Å²) in [5.74, 6) is 1.61. The molecule has 0 amide bonds. The van der Waals surface area contributed by atoms with Gasteiger partial charge in [-0.05, 0) is 43.0 Å². The zero-order valence-corrected chi connectivity index (χ0v) is 14.4. The van der Waals surface area contributed by atoms with Gasteiger partial charge in [0.15, 0.2) is 11.5 Å². The predicted octanol–water partition coefficient (Wildman–Crippen LogP) is 3.47. The lowest BCUT2D eigenvalue weighted by molar-refractivity contribution is 0.0581. The first kappa shape index (κ1) is 16.3. The molecule has 0 spiro atoms. The molecule has 2 atom stereocenters. The maximum absolute atomic E-state index is 10.6. The van der Waals surface area contributed by atoms with Crippen LogP contribution in [-0.2, 0) is 5.60 Å². The number of hydrogen-bond acceptors (Lipinski definition) is 5. The quantitative estimate of drug-likeness (QED) is 0.880. The van der Waals surface area contributed by atoms with E-state index in [0.717, 1.165) is 28.4 Å². The molecule has 4 nitrogen and oxygen atoms in total. The molecule has 2 N–H and O–H groups in total. The SMILES string of the molecule is CC(NCC(C)(O)c1cccs1)c1ccc2c(c1)OCCCO2. The number of aliphatic hydroxyl groups is 1. The highest BCUT2D eigenvalue weighted by Crippen LogP contribution is 2.32. The summed E-state index contributed by atoms with van der Waals surface area (Å²) in [7, 11) is 0. The Morgan fingerprint density at radius 2 is 2.04 bits per heavy atom. The molecule has 1 aliphatic heterocycles. The van der Waals surface area contributed by atoms with E-state index in [4.69, 9.17) is 9.47 Å². The van der Waals surface area contributed by atoms with E-state index in [1.807, 2.05) is 42.6 Å². The molecule has 0 saturated carbocycles. The highest BCUT2D eigenvalue weighted by Gasteiger charge is 2.25. The van der Waals surface area contributed by atoms with Crippen molar-refractivity contribution in [2.45, 2.75) is 31.9 Å². The fraction of sp³-hybridized carbons (Fsp3) is 0.444. The van der Waals surface area contributed by atoms with Crippen LogP contribution >= 0.6 is 11.3 Å². The van der Waals surface area contributed by atoms with Gasteiger partial charge in [-0.15, -0.1) is 11.3 Å². The Hall–Kier alpha value is -1.56. The number of nitrogens with one attached hydrogen (secondary N) is 1. The summed E-state index contributed by atoms with van der Waals surface area (Å²) in [6, 6.07) is 10.1. The van der Waals surface area contributed by atoms with Gasteiger partial charge in [-0.1, -0.05) is 12.1 Å². The topological polar surface area (TPSA) is 50.7 Å². The Balaban J connectivity index is 1.66. The molecule has 2 unspecified atom stereocenters. The second kappa shape index (κ2) is 6.91. The van der Waals surface area contributed by atoms with Crippen molar-refractivity contribution in [1.29, 1.82) is 0 Å². The van der Waals surface area contributed by atoms with Crippen molar-refractivity contribution in [1.82, 2.24) is 5.32 Å². The zero-order valence-electron chi connectivity index (χ0n) is 13.5. The molecule has 2 aromatic rings.